The smallest absolute Gasteiger partial charge is 0.122 e. The molecular weight excluding hydrogens is 236 g/mol. The average molecular weight is 254 g/mol. The summed E-state index contributed by atoms with van der Waals surface area (Å²) in [6, 6.07) is 8.39. The Balaban J connectivity index is 1.96. The second-order valence-electron chi connectivity index (χ2n) is 5.04. The lowest BCUT2D eigenvalue weighted by molar-refractivity contribution is 0.752. The van der Waals surface area contributed by atoms with Crippen molar-refractivity contribution in [2.45, 2.75) is 19.4 Å². The number of aromatic nitrogens is 3. The average Bonchev–Trinajstić information content (AvgIpc) is 2.97. The van der Waals surface area contributed by atoms with E-state index < -0.39 is 0 Å². The van der Waals surface area contributed by atoms with E-state index in [0.717, 1.165) is 17.9 Å². The summed E-state index contributed by atoms with van der Waals surface area (Å²) in [5.41, 5.74) is 9.48. The summed E-state index contributed by atoms with van der Waals surface area (Å²) < 4.78 is 2.16. The minimum atomic E-state index is -0.0544. The first-order valence-electron chi connectivity index (χ1n) is 6.47. The number of nitrogens with one attached hydrogen (secondary N) is 1. The second-order valence-corrected chi connectivity index (χ2v) is 5.04. The van der Waals surface area contributed by atoms with Crippen LogP contribution in [0.1, 0.15) is 30.0 Å². The third kappa shape index (κ3) is 2.15. The van der Waals surface area contributed by atoms with Crippen molar-refractivity contribution in [2.75, 3.05) is 0 Å². The number of aryl methyl sites for hydroxylation is 1. The lowest BCUT2D eigenvalue weighted by Gasteiger charge is -1.99. The van der Waals surface area contributed by atoms with Crippen molar-refractivity contribution in [2.24, 2.45) is 12.8 Å². The van der Waals surface area contributed by atoms with Crippen molar-refractivity contribution in [3.63, 3.8) is 0 Å². The zero-order valence-corrected chi connectivity index (χ0v) is 11.2. The third-order valence-electron chi connectivity index (χ3n) is 3.44. The number of nitrogens with zero attached hydrogens (tertiary/aromatic N) is 2. The molecule has 0 saturated carbocycles. The minimum absolute atomic E-state index is 0.0544. The number of rotatable bonds is 3. The van der Waals surface area contributed by atoms with Gasteiger partial charge in [0, 0.05) is 42.5 Å². The standard InChI is InChI=1S/C15H18N4/c1-10(16)15-17-8-12(18-15)7-11-9-19(2)14-6-4-3-5-13(11)14/h3-6,8-10H,7,16H2,1-2H3,(H,17,18)/t10-/m0/s1. The molecule has 0 aliphatic heterocycles. The van der Waals surface area contributed by atoms with E-state index in [0.29, 0.717) is 0 Å². The topological polar surface area (TPSA) is 59.6 Å². The summed E-state index contributed by atoms with van der Waals surface area (Å²) in [7, 11) is 2.08. The van der Waals surface area contributed by atoms with Gasteiger partial charge in [0.1, 0.15) is 5.82 Å². The predicted octanol–water partition coefficient (Wildman–Crippen LogP) is 2.51. The van der Waals surface area contributed by atoms with Crippen molar-refractivity contribution in [1.29, 1.82) is 0 Å². The number of benzene rings is 1. The number of para-hydroxylation sites is 1. The van der Waals surface area contributed by atoms with Crippen LogP contribution in [0.5, 0.6) is 0 Å². The fourth-order valence-corrected chi connectivity index (χ4v) is 2.47. The molecule has 2 aromatic heterocycles. The Morgan fingerprint density at radius 3 is 2.89 bits per heavy atom. The number of imidazole rings is 1. The van der Waals surface area contributed by atoms with E-state index in [1.807, 2.05) is 13.1 Å². The van der Waals surface area contributed by atoms with Crippen molar-refractivity contribution < 1.29 is 0 Å². The molecular formula is C15H18N4. The zero-order chi connectivity index (χ0) is 13.4. The van der Waals surface area contributed by atoms with Gasteiger partial charge in [-0.2, -0.15) is 0 Å². The van der Waals surface area contributed by atoms with Crippen LogP contribution >= 0.6 is 0 Å². The van der Waals surface area contributed by atoms with E-state index in [-0.39, 0.29) is 6.04 Å². The molecule has 2 heterocycles. The van der Waals surface area contributed by atoms with Crippen molar-refractivity contribution in [3.05, 3.63) is 53.7 Å². The molecule has 19 heavy (non-hydrogen) atoms. The molecule has 98 valence electrons. The summed E-state index contributed by atoms with van der Waals surface area (Å²) in [5, 5.41) is 1.29. The number of aromatic amines is 1. The molecule has 0 spiro atoms. The Kier molecular flexibility index (Phi) is 2.87. The molecule has 4 nitrogen and oxygen atoms in total. The first-order valence-corrected chi connectivity index (χ1v) is 6.47. The largest absolute Gasteiger partial charge is 0.350 e. The highest BCUT2D eigenvalue weighted by molar-refractivity contribution is 5.84. The molecule has 3 N–H and O–H groups in total. The summed E-state index contributed by atoms with van der Waals surface area (Å²) in [6.07, 6.45) is 4.90. The monoisotopic (exact) mass is 254 g/mol. The SMILES string of the molecule is C[C@H](N)c1ncc(Cc2cn(C)c3ccccc23)[nH]1. The van der Waals surface area contributed by atoms with E-state index in [1.165, 1.54) is 16.5 Å². The van der Waals surface area contributed by atoms with Crippen LogP contribution in [0.3, 0.4) is 0 Å². The first kappa shape index (κ1) is 12.0. The van der Waals surface area contributed by atoms with Gasteiger partial charge in [-0.3, -0.25) is 0 Å². The van der Waals surface area contributed by atoms with Gasteiger partial charge in [-0.1, -0.05) is 18.2 Å². The van der Waals surface area contributed by atoms with Gasteiger partial charge in [0.25, 0.3) is 0 Å². The highest BCUT2D eigenvalue weighted by Crippen LogP contribution is 2.22. The zero-order valence-electron chi connectivity index (χ0n) is 11.2. The van der Waals surface area contributed by atoms with Gasteiger partial charge in [-0.25, -0.2) is 4.98 Å². The number of nitrogens with two attached hydrogens (primary N) is 1. The van der Waals surface area contributed by atoms with Gasteiger partial charge in [0.15, 0.2) is 0 Å². The predicted molar refractivity (Wildman–Crippen MR) is 76.9 cm³/mol. The normalized spacial score (nSPS) is 13.0. The Morgan fingerprint density at radius 2 is 2.16 bits per heavy atom. The summed E-state index contributed by atoms with van der Waals surface area (Å²) in [6.45, 7) is 1.93. The number of hydrogen-bond donors (Lipinski definition) is 2. The molecule has 0 amide bonds. The molecule has 3 aromatic rings. The Bertz CT molecular complexity index is 706. The fourth-order valence-electron chi connectivity index (χ4n) is 2.47. The minimum Gasteiger partial charge on any atom is -0.350 e. The molecule has 0 saturated heterocycles. The molecule has 0 unspecified atom stereocenters. The Labute approximate surface area is 112 Å². The Morgan fingerprint density at radius 1 is 1.37 bits per heavy atom. The van der Waals surface area contributed by atoms with Crippen LogP contribution < -0.4 is 5.73 Å². The number of hydrogen-bond acceptors (Lipinski definition) is 2. The van der Waals surface area contributed by atoms with Crippen LogP contribution in [0.4, 0.5) is 0 Å². The van der Waals surface area contributed by atoms with Crippen LogP contribution in [0.15, 0.2) is 36.7 Å². The van der Waals surface area contributed by atoms with Gasteiger partial charge in [0.2, 0.25) is 0 Å². The Hall–Kier alpha value is -2.07. The third-order valence-corrected chi connectivity index (χ3v) is 3.44. The van der Waals surface area contributed by atoms with Crippen molar-refractivity contribution in [1.82, 2.24) is 14.5 Å². The fraction of sp³-hybridized carbons (Fsp3) is 0.267. The van der Waals surface area contributed by atoms with Crippen molar-refractivity contribution >= 4 is 10.9 Å². The summed E-state index contributed by atoms with van der Waals surface area (Å²) in [5.74, 6) is 0.843. The quantitative estimate of drug-likeness (QED) is 0.754. The molecule has 4 heteroatoms. The summed E-state index contributed by atoms with van der Waals surface area (Å²) >= 11 is 0. The highest BCUT2D eigenvalue weighted by atomic mass is 15.0. The van der Waals surface area contributed by atoms with Gasteiger partial charge in [0.05, 0.1) is 6.04 Å². The van der Waals surface area contributed by atoms with Crippen LogP contribution in [-0.4, -0.2) is 14.5 Å². The lowest BCUT2D eigenvalue weighted by Crippen LogP contribution is -2.06. The van der Waals surface area contributed by atoms with E-state index in [1.54, 1.807) is 0 Å². The van der Waals surface area contributed by atoms with E-state index >= 15 is 0 Å². The van der Waals surface area contributed by atoms with E-state index in [2.05, 4.69) is 52.0 Å². The lowest BCUT2D eigenvalue weighted by atomic mass is 10.1. The molecule has 0 fully saturated rings. The maximum Gasteiger partial charge on any atom is 0.122 e. The van der Waals surface area contributed by atoms with Crippen molar-refractivity contribution in [3.8, 4) is 0 Å². The van der Waals surface area contributed by atoms with Gasteiger partial charge < -0.3 is 15.3 Å². The molecule has 3 rings (SSSR count). The molecule has 0 aliphatic carbocycles. The molecule has 0 aliphatic rings. The van der Waals surface area contributed by atoms with Gasteiger partial charge in [-0.05, 0) is 18.6 Å². The molecule has 1 atom stereocenters. The number of H-pyrrole nitrogens is 1. The number of fused-ring (bicyclic) bond motifs is 1. The van der Waals surface area contributed by atoms with E-state index in [4.69, 9.17) is 5.73 Å². The van der Waals surface area contributed by atoms with Gasteiger partial charge >= 0.3 is 0 Å². The molecule has 0 bridgehead atoms. The van der Waals surface area contributed by atoms with Crippen LogP contribution in [-0.2, 0) is 13.5 Å². The van der Waals surface area contributed by atoms with E-state index in [9.17, 15) is 0 Å². The van der Waals surface area contributed by atoms with Gasteiger partial charge in [-0.15, -0.1) is 0 Å². The molecule has 1 aromatic carbocycles. The molecule has 0 radical (unpaired) electrons. The summed E-state index contributed by atoms with van der Waals surface area (Å²) in [4.78, 5) is 7.60. The first-order chi connectivity index (χ1) is 9.15. The maximum atomic E-state index is 5.82. The van der Waals surface area contributed by atoms with Crippen LogP contribution in [0, 0.1) is 0 Å². The van der Waals surface area contributed by atoms with Crippen LogP contribution in [0.2, 0.25) is 0 Å². The second kappa shape index (κ2) is 4.55. The highest BCUT2D eigenvalue weighted by Gasteiger charge is 2.09. The van der Waals surface area contributed by atoms with Crippen LogP contribution in [0.25, 0.3) is 10.9 Å². The maximum absolute atomic E-state index is 5.82.